The molecule has 1 N–H and O–H groups in total. The molecule has 2 nitrogen and oxygen atoms in total. The van der Waals surface area contributed by atoms with Crippen molar-refractivity contribution < 1.29 is 9.90 Å². The van der Waals surface area contributed by atoms with Gasteiger partial charge >= 0.3 is 5.97 Å². The van der Waals surface area contributed by atoms with Gasteiger partial charge in [-0.25, -0.2) is 4.79 Å². The Balaban J connectivity index is 1.76. The molecule has 6 aromatic rings. The van der Waals surface area contributed by atoms with Gasteiger partial charge in [0.15, 0.2) is 0 Å². The molecule has 0 bridgehead atoms. The number of rotatable bonds is 2. The number of aromatic carboxylic acids is 1. The van der Waals surface area contributed by atoms with E-state index >= 15 is 0 Å². The molecule has 136 valence electrons. The SMILES string of the molecule is O=C(O)c1ccc(-c2ccc3c4cccc5cccc(c6cccc2c63)c54)cc1. The highest BCUT2D eigenvalue weighted by Crippen LogP contribution is 2.42. The van der Waals surface area contributed by atoms with Crippen LogP contribution in [0.25, 0.3) is 54.2 Å². The molecule has 0 unspecified atom stereocenters. The van der Waals surface area contributed by atoms with Crippen LogP contribution in [0.3, 0.4) is 0 Å². The summed E-state index contributed by atoms with van der Waals surface area (Å²) in [6.45, 7) is 0. The Morgan fingerprint density at radius 1 is 0.552 bits per heavy atom. The van der Waals surface area contributed by atoms with E-state index in [1.165, 1.54) is 43.1 Å². The van der Waals surface area contributed by atoms with Gasteiger partial charge < -0.3 is 5.11 Å². The van der Waals surface area contributed by atoms with E-state index in [2.05, 4.69) is 66.7 Å². The number of carboxylic acids is 1. The average Bonchev–Trinajstić information content (AvgIpc) is 2.77. The first kappa shape index (κ1) is 16.1. The first-order valence-electron chi connectivity index (χ1n) is 9.64. The van der Waals surface area contributed by atoms with Crippen LogP contribution in [0, 0.1) is 0 Å². The van der Waals surface area contributed by atoms with Crippen molar-refractivity contribution in [1.29, 1.82) is 0 Å². The van der Waals surface area contributed by atoms with Gasteiger partial charge in [0.2, 0.25) is 0 Å². The molecule has 0 aliphatic carbocycles. The Morgan fingerprint density at radius 2 is 1.10 bits per heavy atom. The Morgan fingerprint density at radius 3 is 1.76 bits per heavy atom. The molecule has 0 saturated carbocycles. The van der Waals surface area contributed by atoms with Gasteiger partial charge in [0.1, 0.15) is 0 Å². The largest absolute Gasteiger partial charge is 0.478 e. The van der Waals surface area contributed by atoms with Crippen LogP contribution in [0.5, 0.6) is 0 Å². The molecule has 6 aromatic carbocycles. The molecule has 6 rings (SSSR count). The summed E-state index contributed by atoms with van der Waals surface area (Å²) in [5.74, 6) is -0.904. The molecule has 0 radical (unpaired) electrons. The fraction of sp³-hybridized carbons (Fsp3) is 0. The standard InChI is InChI=1S/C27H16O2/c28-27(29)18-12-10-16(11-13-18)19-14-15-24-22-7-2-5-17-4-1-6-21(25(17)22)23-9-3-8-20(19)26(23)24/h1-15H,(H,28,29). The van der Waals surface area contributed by atoms with E-state index in [-0.39, 0.29) is 0 Å². The Hall–Kier alpha value is -3.91. The minimum Gasteiger partial charge on any atom is -0.478 e. The number of fused-ring (bicyclic) bond motifs is 2. The molecule has 0 aliphatic rings. The van der Waals surface area contributed by atoms with Crippen molar-refractivity contribution in [3.8, 4) is 11.1 Å². The zero-order chi connectivity index (χ0) is 19.5. The van der Waals surface area contributed by atoms with Crippen LogP contribution in [0.15, 0.2) is 91.0 Å². The normalized spacial score (nSPS) is 11.7. The molecule has 2 heteroatoms. The van der Waals surface area contributed by atoms with Crippen LogP contribution in [-0.2, 0) is 0 Å². The Bertz CT molecular complexity index is 1510. The minimum atomic E-state index is -0.904. The summed E-state index contributed by atoms with van der Waals surface area (Å²) >= 11 is 0. The predicted octanol–water partition coefficient (Wildman–Crippen LogP) is 7.10. The Labute approximate surface area is 167 Å². The van der Waals surface area contributed by atoms with Crippen LogP contribution < -0.4 is 0 Å². The van der Waals surface area contributed by atoms with Gasteiger partial charge in [-0.05, 0) is 66.3 Å². The highest BCUT2D eigenvalue weighted by molar-refractivity contribution is 6.34. The molecule has 0 saturated heterocycles. The van der Waals surface area contributed by atoms with Crippen molar-refractivity contribution >= 4 is 49.1 Å². The number of hydrogen-bond donors (Lipinski definition) is 1. The van der Waals surface area contributed by atoms with Gasteiger partial charge in [-0.3, -0.25) is 0 Å². The van der Waals surface area contributed by atoms with E-state index in [0.29, 0.717) is 5.56 Å². The second-order valence-corrected chi connectivity index (χ2v) is 7.48. The lowest BCUT2D eigenvalue weighted by Gasteiger charge is -2.16. The van der Waals surface area contributed by atoms with Crippen molar-refractivity contribution in [2.24, 2.45) is 0 Å². The van der Waals surface area contributed by atoms with E-state index in [1.807, 2.05) is 12.1 Å². The molecule has 0 aliphatic heterocycles. The Kier molecular flexibility index (Phi) is 3.21. The number of benzene rings is 6. The van der Waals surface area contributed by atoms with Gasteiger partial charge in [0.05, 0.1) is 5.56 Å². The van der Waals surface area contributed by atoms with Crippen molar-refractivity contribution in [1.82, 2.24) is 0 Å². The molecular weight excluding hydrogens is 356 g/mol. The summed E-state index contributed by atoms with van der Waals surface area (Å²) in [6, 6.07) is 31.0. The fourth-order valence-corrected chi connectivity index (χ4v) is 4.69. The lowest BCUT2D eigenvalue weighted by molar-refractivity contribution is 0.0697. The third-order valence-electron chi connectivity index (χ3n) is 5.97. The van der Waals surface area contributed by atoms with Crippen molar-refractivity contribution in [2.75, 3.05) is 0 Å². The van der Waals surface area contributed by atoms with E-state index in [0.717, 1.165) is 11.1 Å². The molecule has 0 spiro atoms. The smallest absolute Gasteiger partial charge is 0.335 e. The van der Waals surface area contributed by atoms with Crippen molar-refractivity contribution in [3.63, 3.8) is 0 Å². The van der Waals surface area contributed by atoms with Crippen LogP contribution in [0.2, 0.25) is 0 Å². The van der Waals surface area contributed by atoms with Gasteiger partial charge in [0, 0.05) is 0 Å². The first-order chi connectivity index (χ1) is 14.2. The second-order valence-electron chi connectivity index (χ2n) is 7.48. The zero-order valence-electron chi connectivity index (χ0n) is 15.5. The van der Waals surface area contributed by atoms with Crippen LogP contribution >= 0.6 is 0 Å². The van der Waals surface area contributed by atoms with Crippen molar-refractivity contribution in [2.45, 2.75) is 0 Å². The third-order valence-corrected chi connectivity index (χ3v) is 5.97. The third kappa shape index (κ3) is 2.20. The van der Waals surface area contributed by atoms with E-state index in [9.17, 15) is 9.90 Å². The monoisotopic (exact) mass is 372 g/mol. The van der Waals surface area contributed by atoms with Gasteiger partial charge in [-0.15, -0.1) is 0 Å². The summed E-state index contributed by atoms with van der Waals surface area (Å²) in [5, 5.41) is 19.3. The minimum absolute atomic E-state index is 0.303. The maximum absolute atomic E-state index is 11.2. The summed E-state index contributed by atoms with van der Waals surface area (Å²) < 4.78 is 0. The number of hydrogen-bond acceptors (Lipinski definition) is 1. The highest BCUT2D eigenvalue weighted by atomic mass is 16.4. The van der Waals surface area contributed by atoms with Gasteiger partial charge in [0.25, 0.3) is 0 Å². The second kappa shape index (κ2) is 5.79. The van der Waals surface area contributed by atoms with Crippen molar-refractivity contribution in [3.05, 3.63) is 96.6 Å². The summed E-state index contributed by atoms with van der Waals surface area (Å²) in [4.78, 5) is 11.2. The topological polar surface area (TPSA) is 37.3 Å². The van der Waals surface area contributed by atoms with E-state index in [4.69, 9.17) is 0 Å². The summed E-state index contributed by atoms with van der Waals surface area (Å²) in [5.41, 5.74) is 2.45. The van der Waals surface area contributed by atoms with E-state index < -0.39 is 5.97 Å². The van der Waals surface area contributed by atoms with E-state index in [1.54, 1.807) is 12.1 Å². The molecule has 0 heterocycles. The molecular formula is C27H16O2. The number of carboxylic acid groups (broad SMARTS) is 1. The van der Waals surface area contributed by atoms with Gasteiger partial charge in [-0.2, -0.15) is 0 Å². The maximum Gasteiger partial charge on any atom is 0.335 e. The molecule has 0 amide bonds. The lowest BCUT2D eigenvalue weighted by Crippen LogP contribution is -1.95. The van der Waals surface area contributed by atoms with Crippen LogP contribution in [0.4, 0.5) is 0 Å². The lowest BCUT2D eigenvalue weighted by atomic mass is 9.87. The molecule has 0 fully saturated rings. The van der Waals surface area contributed by atoms with Crippen LogP contribution in [0.1, 0.15) is 10.4 Å². The average molecular weight is 372 g/mol. The molecule has 29 heavy (non-hydrogen) atoms. The maximum atomic E-state index is 11.2. The number of carbonyl (C=O) groups is 1. The summed E-state index contributed by atoms with van der Waals surface area (Å²) in [6.07, 6.45) is 0. The molecule has 0 atom stereocenters. The van der Waals surface area contributed by atoms with Gasteiger partial charge in [-0.1, -0.05) is 78.9 Å². The zero-order valence-corrected chi connectivity index (χ0v) is 15.5. The quantitative estimate of drug-likeness (QED) is 0.260. The highest BCUT2D eigenvalue weighted by Gasteiger charge is 2.15. The molecule has 0 aromatic heterocycles. The summed E-state index contributed by atoms with van der Waals surface area (Å²) in [7, 11) is 0. The predicted molar refractivity (Wildman–Crippen MR) is 120 cm³/mol. The first-order valence-corrected chi connectivity index (χ1v) is 9.64. The van der Waals surface area contributed by atoms with Crippen LogP contribution in [-0.4, -0.2) is 11.1 Å². The fourth-order valence-electron chi connectivity index (χ4n) is 4.69.